The minimum Gasteiger partial charge on any atom is -0.481 e. The van der Waals surface area contributed by atoms with Crippen molar-refractivity contribution >= 4 is 11.7 Å². The van der Waals surface area contributed by atoms with Crippen LogP contribution in [0.2, 0.25) is 0 Å². The Hall–Kier alpha value is -2.12. The molecule has 0 amide bonds. The number of pyridine rings is 1. The lowest BCUT2D eigenvalue weighted by Crippen LogP contribution is -2.05. The number of aliphatic carboxylic acids is 1. The van der Waals surface area contributed by atoms with Crippen molar-refractivity contribution in [1.29, 1.82) is 0 Å². The van der Waals surface area contributed by atoms with Crippen LogP contribution in [0.15, 0.2) is 12.3 Å². The largest absolute Gasteiger partial charge is 0.481 e. The summed E-state index contributed by atoms with van der Waals surface area (Å²) in [5.41, 5.74) is -1.62. The molecule has 0 bridgehead atoms. The van der Waals surface area contributed by atoms with Gasteiger partial charge in [0.15, 0.2) is 0 Å². The Morgan fingerprint density at radius 2 is 2.25 bits per heavy atom. The number of nitrogens with zero attached hydrogens (tertiary/aromatic N) is 2. The van der Waals surface area contributed by atoms with Crippen LogP contribution in [0.25, 0.3) is 0 Å². The standard InChI is InChI=1S/C8H6F2N2O4/c9-8(10)5-2-6(12(15)16)4(3-11-5)1-7(13)14/h2-3,8H,1H2,(H,13,14). The number of halogens is 2. The SMILES string of the molecule is O=C(O)Cc1cnc(C(F)F)cc1[N+](=O)[O-]. The fraction of sp³-hybridized carbons (Fsp3) is 0.250. The van der Waals surface area contributed by atoms with Gasteiger partial charge >= 0.3 is 5.97 Å². The van der Waals surface area contributed by atoms with Crippen molar-refractivity contribution in [3.63, 3.8) is 0 Å². The summed E-state index contributed by atoms with van der Waals surface area (Å²) < 4.78 is 24.4. The zero-order valence-corrected chi connectivity index (χ0v) is 7.76. The number of carboxylic acid groups (broad SMARTS) is 1. The van der Waals surface area contributed by atoms with E-state index < -0.39 is 35.1 Å². The van der Waals surface area contributed by atoms with Crippen LogP contribution in [0.3, 0.4) is 0 Å². The lowest BCUT2D eigenvalue weighted by atomic mass is 10.1. The van der Waals surface area contributed by atoms with Crippen LogP contribution in [0.1, 0.15) is 17.7 Å². The van der Waals surface area contributed by atoms with Crippen molar-refractivity contribution < 1.29 is 23.6 Å². The number of hydrogen-bond acceptors (Lipinski definition) is 4. The molecule has 0 aliphatic carbocycles. The first-order valence-corrected chi connectivity index (χ1v) is 4.05. The molecule has 0 aromatic carbocycles. The number of hydrogen-bond donors (Lipinski definition) is 1. The smallest absolute Gasteiger partial charge is 0.308 e. The minimum absolute atomic E-state index is 0.207. The van der Waals surface area contributed by atoms with Crippen molar-refractivity contribution in [1.82, 2.24) is 4.98 Å². The molecule has 16 heavy (non-hydrogen) atoms. The van der Waals surface area contributed by atoms with E-state index in [0.29, 0.717) is 6.07 Å². The molecule has 0 radical (unpaired) electrons. The fourth-order valence-electron chi connectivity index (χ4n) is 1.08. The molecule has 86 valence electrons. The predicted octanol–water partition coefficient (Wildman–Crippen LogP) is 1.55. The molecule has 1 aromatic heterocycles. The van der Waals surface area contributed by atoms with E-state index in [2.05, 4.69) is 4.98 Å². The second-order valence-corrected chi connectivity index (χ2v) is 2.87. The van der Waals surface area contributed by atoms with E-state index in [0.717, 1.165) is 6.20 Å². The topological polar surface area (TPSA) is 93.3 Å². The number of rotatable bonds is 4. The van der Waals surface area contributed by atoms with Gasteiger partial charge in [-0.2, -0.15) is 0 Å². The monoisotopic (exact) mass is 232 g/mol. The Morgan fingerprint density at radius 1 is 1.62 bits per heavy atom. The molecule has 1 rings (SSSR count). The maximum Gasteiger partial charge on any atom is 0.308 e. The number of carbonyl (C=O) groups is 1. The first kappa shape index (κ1) is 12.0. The van der Waals surface area contributed by atoms with E-state index in [1.54, 1.807) is 0 Å². The molecule has 1 N–H and O–H groups in total. The highest BCUT2D eigenvalue weighted by molar-refractivity contribution is 5.71. The molecule has 0 atom stereocenters. The zero-order valence-electron chi connectivity index (χ0n) is 7.76. The van der Waals surface area contributed by atoms with Gasteiger partial charge in [0.1, 0.15) is 5.69 Å². The Kier molecular flexibility index (Phi) is 3.44. The Morgan fingerprint density at radius 3 is 2.69 bits per heavy atom. The third kappa shape index (κ3) is 2.69. The quantitative estimate of drug-likeness (QED) is 0.627. The van der Waals surface area contributed by atoms with Crippen LogP contribution in [0.4, 0.5) is 14.5 Å². The Labute approximate surface area is 87.7 Å². The lowest BCUT2D eigenvalue weighted by molar-refractivity contribution is -0.385. The van der Waals surface area contributed by atoms with Gasteiger partial charge in [-0.25, -0.2) is 8.78 Å². The summed E-state index contributed by atoms with van der Waals surface area (Å²) in [7, 11) is 0. The highest BCUT2D eigenvalue weighted by Gasteiger charge is 2.20. The van der Waals surface area contributed by atoms with E-state index in [1.165, 1.54) is 0 Å². The van der Waals surface area contributed by atoms with E-state index in [1.807, 2.05) is 0 Å². The van der Waals surface area contributed by atoms with Crippen molar-refractivity contribution in [2.24, 2.45) is 0 Å². The average Bonchev–Trinajstić information content (AvgIpc) is 2.16. The molecule has 6 nitrogen and oxygen atoms in total. The van der Waals surface area contributed by atoms with Gasteiger partial charge in [0.2, 0.25) is 0 Å². The minimum atomic E-state index is -2.93. The highest BCUT2D eigenvalue weighted by Crippen LogP contribution is 2.24. The lowest BCUT2D eigenvalue weighted by Gasteiger charge is -2.02. The van der Waals surface area contributed by atoms with Gasteiger partial charge in [0.25, 0.3) is 12.1 Å². The van der Waals surface area contributed by atoms with E-state index >= 15 is 0 Å². The van der Waals surface area contributed by atoms with Crippen LogP contribution in [-0.2, 0) is 11.2 Å². The van der Waals surface area contributed by atoms with E-state index in [4.69, 9.17) is 5.11 Å². The first-order chi connectivity index (χ1) is 7.41. The van der Waals surface area contributed by atoms with Crippen molar-refractivity contribution in [2.75, 3.05) is 0 Å². The van der Waals surface area contributed by atoms with Crippen molar-refractivity contribution in [3.8, 4) is 0 Å². The first-order valence-electron chi connectivity index (χ1n) is 4.05. The summed E-state index contributed by atoms with van der Waals surface area (Å²) in [5.74, 6) is -1.30. The molecule has 0 fully saturated rings. The third-order valence-corrected chi connectivity index (χ3v) is 1.75. The number of alkyl halides is 2. The maximum absolute atomic E-state index is 12.2. The molecular formula is C8H6F2N2O4. The van der Waals surface area contributed by atoms with Gasteiger partial charge in [-0.3, -0.25) is 19.9 Å². The summed E-state index contributed by atoms with van der Waals surface area (Å²) in [4.78, 5) is 23.2. The molecule has 0 unspecified atom stereocenters. The molecule has 0 aliphatic heterocycles. The molecule has 0 spiro atoms. The van der Waals surface area contributed by atoms with Crippen molar-refractivity contribution in [2.45, 2.75) is 12.8 Å². The summed E-state index contributed by atoms with van der Waals surface area (Å²) in [6.45, 7) is 0. The van der Waals surface area contributed by atoms with Gasteiger partial charge in [0, 0.05) is 12.3 Å². The Bertz CT molecular complexity index is 436. The normalized spacial score (nSPS) is 10.4. The third-order valence-electron chi connectivity index (χ3n) is 1.75. The summed E-state index contributed by atoms with van der Waals surface area (Å²) in [6, 6.07) is 0.586. The maximum atomic E-state index is 12.2. The van der Waals surface area contributed by atoms with Gasteiger partial charge < -0.3 is 5.11 Å². The van der Waals surface area contributed by atoms with Gasteiger partial charge in [-0.15, -0.1) is 0 Å². The van der Waals surface area contributed by atoms with Crippen LogP contribution in [-0.4, -0.2) is 21.0 Å². The van der Waals surface area contributed by atoms with Crippen molar-refractivity contribution in [3.05, 3.63) is 33.6 Å². The van der Waals surface area contributed by atoms with E-state index in [-0.39, 0.29) is 5.56 Å². The van der Waals surface area contributed by atoms with Crippen LogP contribution >= 0.6 is 0 Å². The molecule has 1 heterocycles. The average molecular weight is 232 g/mol. The number of carboxylic acids is 1. The fourth-order valence-corrected chi connectivity index (χ4v) is 1.08. The van der Waals surface area contributed by atoms with E-state index in [9.17, 15) is 23.7 Å². The summed E-state index contributed by atoms with van der Waals surface area (Å²) >= 11 is 0. The van der Waals surface area contributed by atoms with Crippen LogP contribution < -0.4 is 0 Å². The zero-order chi connectivity index (χ0) is 12.3. The second kappa shape index (κ2) is 4.60. The molecule has 1 aromatic rings. The van der Waals surface area contributed by atoms with Gasteiger partial charge in [-0.05, 0) is 0 Å². The summed E-state index contributed by atoms with van der Waals surface area (Å²) in [6.07, 6.45) is -2.78. The predicted molar refractivity (Wildman–Crippen MR) is 47.2 cm³/mol. The van der Waals surface area contributed by atoms with Gasteiger partial charge in [0.05, 0.1) is 16.9 Å². The number of nitro groups is 1. The molecular weight excluding hydrogens is 226 g/mol. The molecule has 0 saturated carbocycles. The number of aromatic nitrogens is 1. The molecule has 8 heteroatoms. The highest BCUT2D eigenvalue weighted by atomic mass is 19.3. The molecule has 0 saturated heterocycles. The van der Waals surface area contributed by atoms with Crippen LogP contribution in [0, 0.1) is 10.1 Å². The van der Waals surface area contributed by atoms with Crippen LogP contribution in [0.5, 0.6) is 0 Å². The Balaban J connectivity index is 3.19. The second-order valence-electron chi connectivity index (χ2n) is 2.87. The summed E-state index contributed by atoms with van der Waals surface area (Å²) in [5, 5.41) is 19.0. The molecule has 0 aliphatic rings. The van der Waals surface area contributed by atoms with Gasteiger partial charge in [-0.1, -0.05) is 0 Å².